The van der Waals surface area contributed by atoms with E-state index in [9.17, 15) is 4.79 Å². The van der Waals surface area contributed by atoms with E-state index in [2.05, 4.69) is 41.5 Å². The standard InChI is InChI=1S/C14H18ClIN2O/c1-3-11-9-18(7-6-17(11)2)14(19)10-4-5-13(16)12(15)8-10/h4-5,8,11H,3,6-7,9H2,1-2H3. The lowest BCUT2D eigenvalue weighted by molar-refractivity contribution is 0.0542. The Morgan fingerprint density at radius 1 is 1.47 bits per heavy atom. The Labute approximate surface area is 133 Å². The highest BCUT2D eigenvalue weighted by Gasteiger charge is 2.26. The molecule has 1 saturated heterocycles. The van der Waals surface area contributed by atoms with E-state index in [-0.39, 0.29) is 5.91 Å². The van der Waals surface area contributed by atoms with Gasteiger partial charge >= 0.3 is 0 Å². The molecule has 1 fully saturated rings. The largest absolute Gasteiger partial charge is 0.336 e. The van der Waals surface area contributed by atoms with Gasteiger partial charge in [0.25, 0.3) is 5.91 Å². The van der Waals surface area contributed by atoms with Crippen molar-refractivity contribution in [3.63, 3.8) is 0 Å². The van der Waals surface area contributed by atoms with E-state index in [4.69, 9.17) is 11.6 Å². The van der Waals surface area contributed by atoms with Crippen LogP contribution in [0.2, 0.25) is 5.02 Å². The van der Waals surface area contributed by atoms with Gasteiger partial charge < -0.3 is 4.90 Å². The van der Waals surface area contributed by atoms with Crippen LogP contribution in [-0.2, 0) is 0 Å². The van der Waals surface area contributed by atoms with E-state index in [1.54, 1.807) is 6.07 Å². The summed E-state index contributed by atoms with van der Waals surface area (Å²) in [6, 6.07) is 5.97. The third-order valence-corrected chi connectivity index (χ3v) is 5.27. The average molecular weight is 393 g/mol. The Kier molecular flexibility index (Phi) is 5.09. The lowest BCUT2D eigenvalue weighted by Gasteiger charge is -2.39. The molecular formula is C14H18ClIN2O. The Bertz CT molecular complexity index is 481. The summed E-state index contributed by atoms with van der Waals surface area (Å²) in [6.45, 7) is 4.68. The van der Waals surface area contributed by atoms with Gasteiger partial charge in [0.2, 0.25) is 0 Å². The van der Waals surface area contributed by atoms with Gasteiger partial charge in [-0.25, -0.2) is 0 Å². The zero-order valence-electron chi connectivity index (χ0n) is 11.2. The van der Waals surface area contributed by atoms with Crippen molar-refractivity contribution in [3.05, 3.63) is 32.4 Å². The van der Waals surface area contributed by atoms with E-state index >= 15 is 0 Å². The first-order valence-corrected chi connectivity index (χ1v) is 7.93. The SMILES string of the molecule is CCC1CN(C(=O)c2ccc(I)c(Cl)c2)CCN1C. The predicted molar refractivity (Wildman–Crippen MR) is 86.8 cm³/mol. The molecule has 1 amide bonds. The zero-order chi connectivity index (χ0) is 14.0. The van der Waals surface area contributed by atoms with Gasteiger partial charge in [-0.15, -0.1) is 0 Å². The van der Waals surface area contributed by atoms with Crippen LogP contribution in [0, 0.1) is 3.57 Å². The van der Waals surface area contributed by atoms with E-state index in [1.807, 2.05) is 17.0 Å². The summed E-state index contributed by atoms with van der Waals surface area (Å²) in [4.78, 5) is 16.7. The number of carbonyl (C=O) groups excluding carboxylic acids is 1. The molecule has 1 aromatic carbocycles. The molecule has 0 N–H and O–H groups in total. The van der Waals surface area contributed by atoms with Crippen molar-refractivity contribution >= 4 is 40.1 Å². The molecule has 2 rings (SSSR count). The molecule has 1 aliphatic rings. The second kappa shape index (κ2) is 6.41. The highest BCUT2D eigenvalue weighted by Crippen LogP contribution is 2.21. The van der Waals surface area contributed by atoms with Crippen LogP contribution in [-0.4, -0.2) is 48.4 Å². The highest BCUT2D eigenvalue weighted by atomic mass is 127. The number of benzene rings is 1. The molecule has 0 spiro atoms. The van der Waals surface area contributed by atoms with Gasteiger partial charge in [-0.1, -0.05) is 18.5 Å². The minimum absolute atomic E-state index is 0.0878. The maximum Gasteiger partial charge on any atom is 0.254 e. The summed E-state index contributed by atoms with van der Waals surface area (Å²) in [5.41, 5.74) is 0.685. The van der Waals surface area contributed by atoms with Crippen LogP contribution in [0.3, 0.4) is 0 Å². The van der Waals surface area contributed by atoms with Crippen molar-refractivity contribution in [3.8, 4) is 0 Å². The fraction of sp³-hybridized carbons (Fsp3) is 0.500. The number of hydrogen-bond acceptors (Lipinski definition) is 2. The van der Waals surface area contributed by atoms with Crippen LogP contribution in [0.1, 0.15) is 23.7 Å². The van der Waals surface area contributed by atoms with E-state index in [1.165, 1.54) is 0 Å². The summed E-state index contributed by atoms with van der Waals surface area (Å²) in [6.07, 6.45) is 1.06. The molecule has 1 unspecified atom stereocenters. The van der Waals surface area contributed by atoms with Crippen molar-refractivity contribution in [1.29, 1.82) is 0 Å². The highest BCUT2D eigenvalue weighted by molar-refractivity contribution is 14.1. The maximum atomic E-state index is 12.5. The molecule has 5 heteroatoms. The molecule has 1 aliphatic heterocycles. The Hall–Kier alpha value is -0.330. The summed E-state index contributed by atoms with van der Waals surface area (Å²) in [5.74, 6) is 0.0878. The molecule has 19 heavy (non-hydrogen) atoms. The summed E-state index contributed by atoms with van der Waals surface area (Å²) < 4.78 is 0.973. The first kappa shape index (κ1) is 15.1. The van der Waals surface area contributed by atoms with Gasteiger partial charge in [0.05, 0.1) is 5.02 Å². The molecule has 1 atom stereocenters. The number of hydrogen-bond donors (Lipinski definition) is 0. The Morgan fingerprint density at radius 3 is 2.84 bits per heavy atom. The van der Waals surface area contributed by atoms with Crippen molar-refractivity contribution in [2.45, 2.75) is 19.4 Å². The van der Waals surface area contributed by atoms with Gasteiger partial charge in [0.15, 0.2) is 0 Å². The van der Waals surface area contributed by atoms with Crippen molar-refractivity contribution < 1.29 is 4.79 Å². The van der Waals surface area contributed by atoms with Crippen molar-refractivity contribution in [1.82, 2.24) is 9.80 Å². The van der Waals surface area contributed by atoms with Gasteiger partial charge in [-0.3, -0.25) is 9.69 Å². The van der Waals surface area contributed by atoms with Crippen LogP contribution in [0.5, 0.6) is 0 Å². The second-order valence-corrected chi connectivity index (χ2v) is 6.49. The van der Waals surface area contributed by atoms with Gasteiger partial charge in [0, 0.05) is 34.8 Å². The van der Waals surface area contributed by atoms with E-state index in [0.717, 1.165) is 29.6 Å². The van der Waals surface area contributed by atoms with Gasteiger partial charge in [0.1, 0.15) is 0 Å². The van der Waals surface area contributed by atoms with Gasteiger partial charge in [-0.05, 0) is 54.3 Å². The number of halogens is 2. The van der Waals surface area contributed by atoms with Crippen LogP contribution in [0.25, 0.3) is 0 Å². The smallest absolute Gasteiger partial charge is 0.254 e. The Morgan fingerprint density at radius 2 is 2.21 bits per heavy atom. The first-order chi connectivity index (χ1) is 9.02. The first-order valence-electron chi connectivity index (χ1n) is 6.47. The quantitative estimate of drug-likeness (QED) is 0.722. The lowest BCUT2D eigenvalue weighted by atomic mass is 10.1. The topological polar surface area (TPSA) is 23.6 Å². The number of carbonyl (C=O) groups is 1. The fourth-order valence-electron chi connectivity index (χ4n) is 2.38. The molecule has 0 bridgehead atoms. The summed E-state index contributed by atoms with van der Waals surface area (Å²) in [5, 5.41) is 0.646. The monoisotopic (exact) mass is 392 g/mol. The molecule has 3 nitrogen and oxygen atoms in total. The molecule has 0 aromatic heterocycles. The third kappa shape index (κ3) is 3.41. The van der Waals surface area contributed by atoms with Gasteiger partial charge in [-0.2, -0.15) is 0 Å². The number of piperazine rings is 1. The third-order valence-electron chi connectivity index (χ3n) is 3.70. The van der Waals surface area contributed by atoms with Crippen molar-refractivity contribution in [2.75, 3.05) is 26.7 Å². The Balaban J connectivity index is 2.13. The minimum atomic E-state index is 0.0878. The average Bonchev–Trinajstić information content (AvgIpc) is 2.41. The van der Waals surface area contributed by atoms with Crippen molar-refractivity contribution in [2.24, 2.45) is 0 Å². The fourth-order valence-corrected chi connectivity index (χ4v) is 2.90. The summed E-state index contributed by atoms with van der Waals surface area (Å²) >= 11 is 8.26. The summed E-state index contributed by atoms with van der Waals surface area (Å²) in [7, 11) is 2.12. The second-order valence-electron chi connectivity index (χ2n) is 4.92. The van der Waals surface area contributed by atoms with E-state index < -0.39 is 0 Å². The van der Waals surface area contributed by atoms with Crippen LogP contribution < -0.4 is 0 Å². The normalized spacial score (nSPS) is 20.6. The zero-order valence-corrected chi connectivity index (χ0v) is 14.1. The number of amides is 1. The maximum absolute atomic E-state index is 12.5. The van der Waals surface area contributed by atoms with Crippen LogP contribution >= 0.6 is 34.2 Å². The lowest BCUT2D eigenvalue weighted by Crippen LogP contribution is -2.52. The molecular weight excluding hydrogens is 375 g/mol. The molecule has 0 aliphatic carbocycles. The predicted octanol–water partition coefficient (Wildman–Crippen LogP) is 3.11. The number of rotatable bonds is 2. The molecule has 1 heterocycles. The molecule has 0 saturated carbocycles. The van der Waals surface area contributed by atoms with Crippen LogP contribution in [0.4, 0.5) is 0 Å². The molecule has 1 aromatic rings. The minimum Gasteiger partial charge on any atom is -0.336 e. The number of nitrogens with zero attached hydrogens (tertiary/aromatic N) is 2. The number of likely N-dealkylation sites (N-methyl/N-ethyl adjacent to an activating group) is 1. The van der Waals surface area contributed by atoms with E-state index in [0.29, 0.717) is 16.6 Å². The molecule has 0 radical (unpaired) electrons. The van der Waals surface area contributed by atoms with Crippen LogP contribution in [0.15, 0.2) is 18.2 Å². The molecule has 104 valence electrons.